The summed E-state index contributed by atoms with van der Waals surface area (Å²) < 4.78 is 45.0. The fourth-order valence-corrected chi connectivity index (χ4v) is 3.74. The highest BCUT2D eigenvalue weighted by Crippen LogP contribution is 2.30. The van der Waals surface area contributed by atoms with E-state index in [1.165, 1.54) is 13.2 Å². The molecule has 12 heteroatoms. The third-order valence-corrected chi connectivity index (χ3v) is 5.41. The Hall–Kier alpha value is -3.08. The van der Waals surface area contributed by atoms with Gasteiger partial charge in [0.15, 0.2) is 5.65 Å². The van der Waals surface area contributed by atoms with Crippen LogP contribution in [-0.4, -0.2) is 45.9 Å². The lowest BCUT2D eigenvalue weighted by Crippen LogP contribution is -2.38. The quantitative estimate of drug-likeness (QED) is 0.647. The molecule has 3 heterocycles. The number of anilines is 2. The number of methoxy groups -OCH3 is 1. The van der Waals surface area contributed by atoms with Crippen LogP contribution in [0.2, 0.25) is 5.02 Å². The Morgan fingerprint density at radius 2 is 1.94 bits per heavy atom. The first-order valence-electron chi connectivity index (χ1n) is 9.45. The molecular formula is C19H18ClF3N6O2. The van der Waals surface area contributed by atoms with Gasteiger partial charge in [0, 0.05) is 24.7 Å². The summed E-state index contributed by atoms with van der Waals surface area (Å²) >= 11 is 6.09. The number of piperidine rings is 1. The van der Waals surface area contributed by atoms with Gasteiger partial charge >= 0.3 is 6.18 Å². The van der Waals surface area contributed by atoms with Crippen molar-refractivity contribution in [3.05, 3.63) is 41.2 Å². The van der Waals surface area contributed by atoms with Crippen molar-refractivity contribution < 1.29 is 22.7 Å². The van der Waals surface area contributed by atoms with E-state index in [1.807, 2.05) is 4.90 Å². The second-order valence-electron chi connectivity index (χ2n) is 7.08. The van der Waals surface area contributed by atoms with E-state index in [1.54, 1.807) is 24.3 Å². The smallest absolute Gasteiger partial charge is 0.453 e. The Bertz CT molecular complexity index is 1110. The number of ether oxygens (including phenoxy) is 1. The summed E-state index contributed by atoms with van der Waals surface area (Å²) in [4.78, 5) is 14.4. The van der Waals surface area contributed by atoms with Gasteiger partial charge in [-0.15, -0.1) is 15.3 Å². The lowest BCUT2D eigenvalue weighted by molar-refractivity contribution is -0.146. The maximum absolute atomic E-state index is 13.1. The van der Waals surface area contributed by atoms with Crippen LogP contribution < -0.4 is 15.0 Å². The Morgan fingerprint density at radius 3 is 2.58 bits per heavy atom. The largest absolute Gasteiger partial charge is 0.495 e. The third kappa shape index (κ3) is 4.36. The van der Waals surface area contributed by atoms with Gasteiger partial charge in [-0.1, -0.05) is 11.6 Å². The highest BCUT2D eigenvalue weighted by atomic mass is 35.5. The number of halogens is 4. The van der Waals surface area contributed by atoms with Gasteiger partial charge in [-0.05, 0) is 43.2 Å². The average molecular weight is 455 g/mol. The van der Waals surface area contributed by atoms with Crippen molar-refractivity contribution in [1.82, 2.24) is 19.8 Å². The summed E-state index contributed by atoms with van der Waals surface area (Å²) in [6, 6.07) is 8.03. The molecule has 0 saturated carbocycles. The molecular weight excluding hydrogens is 437 g/mol. The highest BCUT2D eigenvalue weighted by Gasteiger charge is 2.38. The number of alkyl halides is 3. The van der Waals surface area contributed by atoms with E-state index < -0.39 is 12.0 Å². The van der Waals surface area contributed by atoms with E-state index >= 15 is 0 Å². The van der Waals surface area contributed by atoms with Crippen LogP contribution in [0.1, 0.15) is 18.7 Å². The molecule has 2 aromatic heterocycles. The van der Waals surface area contributed by atoms with Gasteiger partial charge in [0.2, 0.25) is 5.91 Å². The van der Waals surface area contributed by atoms with Crippen molar-refractivity contribution in [2.24, 2.45) is 5.92 Å². The number of nitrogens with one attached hydrogen (secondary N) is 1. The van der Waals surface area contributed by atoms with Gasteiger partial charge in [0.25, 0.3) is 5.82 Å². The van der Waals surface area contributed by atoms with Gasteiger partial charge in [0.05, 0.1) is 12.1 Å². The van der Waals surface area contributed by atoms with Gasteiger partial charge in [-0.25, -0.2) is 0 Å². The normalized spacial score (nSPS) is 15.3. The maximum Gasteiger partial charge on any atom is 0.453 e. The van der Waals surface area contributed by atoms with Crippen LogP contribution in [-0.2, 0) is 11.0 Å². The number of carbonyl (C=O) groups excluding carboxylic acids is 1. The summed E-state index contributed by atoms with van der Waals surface area (Å²) in [7, 11) is 1.51. The van der Waals surface area contributed by atoms with E-state index in [2.05, 4.69) is 20.6 Å². The summed E-state index contributed by atoms with van der Waals surface area (Å²) in [5.74, 6) is -0.654. The van der Waals surface area contributed by atoms with Gasteiger partial charge < -0.3 is 15.0 Å². The Labute approximate surface area is 180 Å². The second-order valence-corrected chi connectivity index (χ2v) is 7.49. The number of hydrogen-bond donors (Lipinski definition) is 1. The summed E-state index contributed by atoms with van der Waals surface area (Å²) in [6.45, 7) is 0.951. The Morgan fingerprint density at radius 1 is 1.19 bits per heavy atom. The lowest BCUT2D eigenvalue weighted by atomic mass is 9.96. The molecule has 1 fully saturated rings. The van der Waals surface area contributed by atoms with Crippen molar-refractivity contribution in [3.8, 4) is 5.75 Å². The van der Waals surface area contributed by atoms with Crippen molar-refractivity contribution in [1.29, 1.82) is 0 Å². The average Bonchev–Trinajstić information content (AvgIpc) is 3.18. The van der Waals surface area contributed by atoms with Crippen LogP contribution >= 0.6 is 11.6 Å². The number of amides is 1. The fourth-order valence-electron chi connectivity index (χ4n) is 3.48. The molecule has 1 amide bonds. The lowest BCUT2D eigenvalue weighted by Gasteiger charge is -2.32. The van der Waals surface area contributed by atoms with E-state index in [0.717, 1.165) is 0 Å². The van der Waals surface area contributed by atoms with E-state index in [9.17, 15) is 18.0 Å². The predicted octanol–water partition coefficient (Wildman–Crippen LogP) is 3.66. The van der Waals surface area contributed by atoms with Crippen LogP contribution in [0.25, 0.3) is 5.65 Å². The van der Waals surface area contributed by atoms with Crippen LogP contribution in [0.5, 0.6) is 5.75 Å². The second kappa shape index (κ2) is 8.22. The van der Waals surface area contributed by atoms with Crippen molar-refractivity contribution in [2.75, 3.05) is 30.4 Å². The first-order valence-corrected chi connectivity index (χ1v) is 9.83. The molecule has 0 atom stereocenters. The first-order chi connectivity index (χ1) is 14.8. The van der Waals surface area contributed by atoms with E-state index in [0.29, 0.717) is 52.7 Å². The Balaban J connectivity index is 1.41. The molecule has 4 rings (SSSR count). The molecule has 1 aliphatic heterocycles. The first kappa shape index (κ1) is 21.2. The minimum absolute atomic E-state index is 0.0171. The van der Waals surface area contributed by atoms with Crippen LogP contribution in [0.4, 0.5) is 24.7 Å². The molecule has 1 aromatic carbocycles. The van der Waals surface area contributed by atoms with Crippen LogP contribution in [0.3, 0.4) is 0 Å². The molecule has 0 spiro atoms. The predicted molar refractivity (Wildman–Crippen MR) is 107 cm³/mol. The zero-order valence-electron chi connectivity index (χ0n) is 16.4. The highest BCUT2D eigenvalue weighted by molar-refractivity contribution is 6.32. The van der Waals surface area contributed by atoms with E-state index in [-0.39, 0.29) is 17.5 Å². The van der Waals surface area contributed by atoms with Crippen molar-refractivity contribution in [3.63, 3.8) is 0 Å². The molecule has 1 aliphatic rings. The number of fused-ring (bicyclic) bond motifs is 1. The summed E-state index contributed by atoms with van der Waals surface area (Å²) in [6.07, 6.45) is -3.59. The molecule has 31 heavy (non-hydrogen) atoms. The Kier molecular flexibility index (Phi) is 5.61. The molecule has 1 saturated heterocycles. The van der Waals surface area contributed by atoms with Gasteiger partial charge in [-0.3, -0.25) is 4.79 Å². The van der Waals surface area contributed by atoms with Gasteiger partial charge in [-0.2, -0.15) is 17.7 Å². The topological polar surface area (TPSA) is 84.6 Å². The number of hydrogen-bond acceptors (Lipinski definition) is 6. The van der Waals surface area contributed by atoms with Crippen LogP contribution in [0.15, 0.2) is 30.3 Å². The summed E-state index contributed by atoms with van der Waals surface area (Å²) in [5.41, 5.74) is 0.584. The number of aromatic nitrogens is 4. The zero-order chi connectivity index (χ0) is 22.2. The van der Waals surface area contributed by atoms with Crippen LogP contribution in [0, 0.1) is 5.92 Å². The number of nitrogens with zero attached hydrogens (tertiary/aromatic N) is 5. The standard InChI is InChI=1S/C19H18ClF3N6O2/c1-31-14-3-2-12(10-13(14)20)24-17(30)11-6-8-28(9-7-11)16-5-4-15-25-26-18(19(21,22)23)29(15)27-16/h2-5,10-11H,6-9H2,1H3,(H,24,30). The fraction of sp³-hybridized carbons (Fsp3) is 0.368. The SMILES string of the molecule is COc1ccc(NC(=O)C2CCN(c3ccc4nnc(C(F)(F)F)n4n3)CC2)cc1Cl. The van der Waals surface area contributed by atoms with E-state index in [4.69, 9.17) is 16.3 Å². The maximum atomic E-state index is 13.1. The minimum Gasteiger partial charge on any atom is -0.495 e. The van der Waals surface area contributed by atoms with Crippen molar-refractivity contribution >= 4 is 34.7 Å². The molecule has 164 valence electrons. The van der Waals surface area contributed by atoms with Crippen molar-refractivity contribution in [2.45, 2.75) is 19.0 Å². The number of rotatable bonds is 4. The zero-order valence-corrected chi connectivity index (χ0v) is 17.1. The molecule has 0 unspecified atom stereocenters. The molecule has 3 aromatic rings. The molecule has 0 bridgehead atoms. The molecule has 0 aliphatic carbocycles. The molecule has 8 nitrogen and oxygen atoms in total. The van der Waals surface area contributed by atoms with Gasteiger partial charge in [0.1, 0.15) is 11.6 Å². The minimum atomic E-state index is -4.65. The number of benzene rings is 1. The number of carbonyl (C=O) groups is 1. The molecule has 0 radical (unpaired) electrons. The molecule has 1 N–H and O–H groups in total. The monoisotopic (exact) mass is 454 g/mol. The third-order valence-electron chi connectivity index (χ3n) is 5.11. The summed E-state index contributed by atoms with van der Waals surface area (Å²) in [5, 5.41) is 14.0.